The van der Waals surface area contributed by atoms with Crippen molar-refractivity contribution in [1.29, 1.82) is 5.26 Å². The summed E-state index contributed by atoms with van der Waals surface area (Å²) in [5, 5.41) is 17.1. The first-order chi connectivity index (χ1) is 8.27. The van der Waals surface area contributed by atoms with E-state index >= 15 is 0 Å². The Labute approximate surface area is 112 Å². The minimum atomic E-state index is -3.93. The Morgan fingerprint density at radius 3 is 2.78 bits per heavy atom. The molecule has 0 spiro atoms. The number of sulfonamides is 1. The first-order valence-electron chi connectivity index (χ1n) is 4.70. The Morgan fingerprint density at radius 2 is 2.33 bits per heavy atom. The predicted molar refractivity (Wildman–Crippen MR) is 63.4 cm³/mol. The number of rotatable bonds is 5. The third-order valence-corrected chi connectivity index (χ3v) is 4.36. The SMILES string of the molecule is CC(CC#N)NS(=O)(=O)c1cc(C(=O)O)oc1Br. The smallest absolute Gasteiger partial charge is 0.371 e. The zero-order valence-electron chi connectivity index (χ0n) is 9.18. The molecule has 98 valence electrons. The summed E-state index contributed by atoms with van der Waals surface area (Å²) in [5.41, 5.74) is 0. The van der Waals surface area contributed by atoms with E-state index in [1.54, 1.807) is 0 Å². The summed E-state index contributed by atoms with van der Waals surface area (Å²) in [7, 11) is -3.93. The molecule has 2 N–H and O–H groups in total. The van der Waals surface area contributed by atoms with Crippen molar-refractivity contribution in [2.75, 3.05) is 0 Å². The molecule has 0 aliphatic rings. The number of nitrogens with one attached hydrogen (secondary N) is 1. The van der Waals surface area contributed by atoms with E-state index in [0.29, 0.717) is 0 Å². The van der Waals surface area contributed by atoms with E-state index in [0.717, 1.165) is 6.07 Å². The fraction of sp³-hybridized carbons (Fsp3) is 0.333. The Hall–Kier alpha value is -1.37. The van der Waals surface area contributed by atoms with Crippen LogP contribution in [0.5, 0.6) is 0 Å². The molecule has 0 radical (unpaired) electrons. The van der Waals surface area contributed by atoms with Gasteiger partial charge >= 0.3 is 5.97 Å². The molecule has 18 heavy (non-hydrogen) atoms. The monoisotopic (exact) mass is 336 g/mol. The molecule has 0 saturated heterocycles. The van der Waals surface area contributed by atoms with Gasteiger partial charge in [0.25, 0.3) is 0 Å². The average molecular weight is 337 g/mol. The van der Waals surface area contributed by atoms with E-state index < -0.39 is 27.8 Å². The van der Waals surface area contributed by atoms with Crippen LogP contribution in [-0.4, -0.2) is 25.5 Å². The number of carboxylic acid groups (broad SMARTS) is 1. The molecule has 1 heterocycles. The predicted octanol–water partition coefficient (Wildman–Crippen LogP) is 1.32. The maximum Gasteiger partial charge on any atom is 0.371 e. The van der Waals surface area contributed by atoms with Crippen LogP contribution in [0.1, 0.15) is 23.9 Å². The Morgan fingerprint density at radius 1 is 1.72 bits per heavy atom. The number of nitrogens with zero attached hydrogens (tertiary/aromatic N) is 1. The minimum Gasteiger partial charge on any atom is -0.475 e. The molecule has 9 heteroatoms. The average Bonchev–Trinajstić information content (AvgIpc) is 2.60. The van der Waals surface area contributed by atoms with Crippen LogP contribution >= 0.6 is 15.9 Å². The van der Waals surface area contributed by atoms with Gasteiger partial charge < -0.3 is 9.52 Å². The molecule has 0 aliphatic heterocycles. The van der Waals surface area contributed by atoms with Crippen LogP contribution in [0, 0.1) is 11.3 Å². The lowest BCUT2D eigenvalue weighted by molar-refractivity contribution is 0.0661. The fourth-order valence-corrected chi connectivity index (χ4v) is 3.33. The van der Waals surface area contributed by atoms with E-state index in [-0.39, 0.29) is 16.0 Å². The van der Waals surface area contributed by atoms with Crippen molar-refractivity contribution in [2.24, 2.45) is 0 Å². The standard InChI is InChI=1S/C9H9BrN2O5S/c1-5(2-3-11)12-18(15,16)7-4-6(9(13)14)17-8(7)10/h4-5,12H,2H2,1H3,(H,13,14). The van der Waals surface area contributed by atoms with E-state index in [2.05, 4.69) is 20.7 Å². The van der Waals surface area contributed by atoms with Gasteiger partial charge in [0.05, 0.1) is 12.5 Å². The largest absolute Gasteiger partial charge is 0.475 e. The van der Waals surface area contributed by atoms with Crippen LogP contribution in [0.25, 0.3) is 0 Å². The van der Waals surface area contributed by atoms with Gasteiger partial charge in [-0.05, 0) is 22.9 Å². The van der Waals surface area contributed by atoms with Crippen LogP contribution in [0.4, 0.5) is 0 Å². The molecule has 0 amide bonds. The quantitative estimate of drug-likeness (QED) is 0.836. The van der Waals surface area contributed by atoms with Crippen molar-refractivity contribution < 1.29 is 22.7 Å². The van der Waals surface area contributed by atoms with Gasteiger partial charge in [0.1, 0.15) is 4.90 Å². The van der Waals surface area contributed by atoms with Crippen molar-refractivity contribution in [3.63, 3.8) is 0 Å². The Kier molecular flexibility index (Phi) is 4.50. The zero-order valence-corrected chi connectivity index (χ0v) is 11.6. The first kappa shape index (κ1) is 14.7. The molecule has 0 fully saturated rings. The van der Waals surface area contributed by atoms with E-state index in [1.807, 2.05) is 6.07 Å². The second-order valence-corrected chi connectivity index (χ2v) is 5.84. The Balaban J connectivity index is 3.06. The van der Waals surface area contributed by atoms with Crippen LogP contribution in [0.15, 0.2) is 20.0 Å². The highest BCUT2D eigenvalue weighted by Crippen LogP contribution is 2.26. The van der Waals surface area contributed by atoms with Crippen LogP contribution in [-0.2, 0) is 10.0 Å². The molecule has 1 aromatic rings. The molecule has 0 saturated carbocycles. The lowest BCUT2D eigenvalue weighted by atomic mass is 10.3. The maximum atomic E-state index is 11.9. The number of carbonyl (C=O) groups is 1. The summed E-state index contributed by atoms with van der Waals surface area (Å²) in [6.45, 7) is 1.52. The molecule has 0 aliphatic carbocycles. The normalized spacial score (nSPS) is 12.9. The number of aromatic carboxylic acids is 1. The molecule has 1 atom stereocenters. The van der Waals surface area contributed by atoms with Crippen molar-refractivity contribution in [2.45, 2.75) is 24.3 Å². The minimum absolute atomic E-state index is 0.000484. The highest BCUT2D eigenvalue weighted by Gasteiger charge is 2.26. The summed E-state index contributed by atoms with van der Waals surface area (Å²) in [6, 6.07) is 2.13. The van der Waals surface area contributed by atoms with Gasteiger partial charge in [-0.2, -0.15) is 5.26 Å². The van der Waals surface area contributed by atoms with Gasteiger partial charge in [-0.1, -0.05) is 0 Å². The molecule has 1 rings (SSSR count). The molecule has 1 aromatic heterocycles. The second kappa shape index (κ2) is 5.51. The second-order valence-electron chi connectivity index (χ2n) is 3.44. The Bertz CT molecular complexity index is 601. The summed E-state index contributed by atoms with van der Waals surface area (Å²) in [5.74, 6) is -1.86. The van der Waals surface area contributed by atoms with Gasteiger partial charge in [0, 0.05) is 12.1 Å². The fourth-order valence-electron chi connectivity index (χ4n) is 1.15. The molecule has 0 aromatic carbocycles. The number of hydrogen-bond donors (Lipinski definition) is 2. The van der Waals surface area contributed by atoms with Gasteiger partial charge in [-0.25, -0.2) is 17.9 Å². The number of carboxylic acids is 1. The molecule has 1 unspecified atom stereocenters. The molecular formula is C9H9BrN2O5S. The number of nitriles is 1. The summed E-state index contributed by atoms with van der Waals surface area (Å²) in [4.78, 5) is 10.3. The zero-order chi connectivity index (χ0) is 13.9. The van der Waals surface area contributed by atoms with Crippen molar-refractivity contribution in [3.8, 4) is 6.07 Å². The van der Waals surface area contributed by atoms with Crippen LogP contribution in [0.3, 0.4) is 0 Å². The highest BCUT2D eigenvalue weighted by molar-refractivity contribution is 9.10. The summed E-state index contributed by atoms with van der Waals surface area (Å²) >= 11 is 2.84. The van der Waals surface area contributed by atoms with Crippen molar-refractivity contribution >= 4 is 31.9 Å². The lowest BCUT2D eigenvalue weighted by Crippen LogP contribution is -2.32. The van der Waals surface area contributed by atoms with E-state index in [4.69, 9.17) is 14.8 Å². The summed E-state index contributed by atoms with van der Waals surface area (Å²) < 4.78 is 30.5. The summed E-state index contributed by atoms with van der Waals surface area (Å²) in [6.07, 6.45) is 0.000484. The van der Waals surface area contributed by atoms with Crippen molar-refractivity contribution in [3.05, 3.63) is 16.5 Å². The van der Waals surface area contributed by atoms with E-state index in [1.165, 1.54) is 6.92 Å². The number of furan rings is 1. The number of halogens is 1. The van der Waals surface area contributed by atoms with Gasteiger partial charge in [-0.15, -0.1) is 0 Å². The maximum absolute atomic E-state index is 11.9. The third kappa shape index (κ3) is 3.32. The first-order valence-corrected chi connectivity index (χ1v) is 6.97. The third-order valence-electron chi connectivity index (χ3n) is 1.91. The van der Waals surface area contributed by atoms with Crippen LogP contribution in [0.2, 0.25) is 0 Å². The van der Waals surface area contributed by atoms with Crippen LogP contribution < -0.4 is 4.72 Å². The van der Waals surface area contributed by atoms with Gasteiger partial charge in [0.15, 0.2) is 4.67 Å². The van der Waals surface area contributed by atoms with E-state index in [9.17, 15) is 13.2 Å². The van der Waals surface area contributed by atoms with Gasteiger partial charge in [0.2, 0.25) is 15.8 Å². The van der Waals surface area contributed by atoms with Gasteiger partial charge in [-0.3, -0.25) is 0 Å². The molecule has 0 bridgehead atoms. The highest BCUT2D eigenvalue weighted by atomic mass is 79.9. The van der Waals surface area contributed by atoms with Crippen molar-refractivity contribution in [1.82, 2.24) is 4.72 Å². The lowest BCUT2D eigenvalue weighted by Gasteiger charge is -2.09. The number of hydrogen-bond acceptors (Lipinski definition) is 5. The molecular weight excluding hydrogens is 328 g/mol. The topological polar surface area (TPSA) is 120 Å². The molecule has 7 nitrogen and oxygen atoms in total.